The Morgan fingerprint density at radius 1 is 1.18 bits per heavy atom. The van der Waals surface area contributed by atoms with Gasteiger partial charge in [0.25, 0.3) is 0 Å². The van der Waals surface area contributed by atoms with Crippen molar-refractivity contribution >= 4 is 21.7 Å². The summed E-state index contributed by atoms with van der Waals surface area (Å²) in [7, 11) is 0. The first-order valence-electron chi connectivity index (χ1n) is 10.9. The quantitative estimate of drug-likeness (QED) is 0.541. The fraction of sp³-hybridized carbons (Fsp3) is 0.333. The number of allylic oxidation sites excluding steroid dienone is 3. The third-order valence-corrected chi connectivity index (χ3v) is 6.85. The van der Waals surface area contributed by atoms with E-state index in [4.69, 9.17) is 15.2 Å². The summed E-state index contributed by atoms with van der Waals surface area (Å²) >= 11 is 3.43. The van der Waals surface area contributed by atoms with Gasteiger partial charge in [-0.15, -0.1) is 0 Å². The molecule has 5 nitrogen and oxygen atoms in total. The average molecular weight is 507 g/mol. The van der Waals surface area contributed by atoms with Crippen molar-refractivity contribution in [2.75, 3.05) is 0 Å². The summed E-state index contributed by atoms with van der Waals surface area (Å²) in [4.78, 5) is 13.3. The van der Waals surface area contributed by atoms with Crippen LogP contribution in [-0.2, 0) is 16.1 Å². The van der Waals surface area contributed by atoms with Gasteiger partial charge in [0.05, 0.1) is 5.92 Å². The minimum absolute atomic E-state index is 0.0131. The molecule has 0 aromatic heterocycles. The predicted molar refractivity (Wildman–Crippen MR) is 130 cm³/mol. The monoisotopic (exact) mass is 506 g/mol. The summed E-state index contributed by atoms with van der Waals surface area (Å²) < 4.78 is 12.8. The number of nitrogens with zero attached hydrogens (tertiary/aromatic N) is 1. The number of ether oxygens (including phenoxy) is 2. The molecular formula is C27H27BrN2O3. The number of benzene rings is 2. The molecule has 1 heterocycles. The van der Waals surface area contributed by atoms with Gasteiger partial charge in [-0.05, 0) is 65.8 Å². The van der Waals surface area contributed by atoms with Crippen molar-refractivity contribution in [2.45, 2.75) is 53.1 Å². The Bertz CT molecular complexity index is 1230. The molecule has 2 aliphatic rings. The summed E-state index contributed by atoms with van der Waals surface area (Å²) in [6, 6.07) is 14.0. The Morgan fingerprint density at radius 3 is 2.55 bits per heavy atom. The van der Waals surface area contributed by atoms with Crippen molar-refractivity contribution < 1.29 is 14.3 Å². The van der Waals surface area contributed by atoms with Crippen LogP contribution in [-0.4, -0.2) is 5.78 Å². The summed E-state index contributed by atoms with van der Waals surface area (Å²) in [5, 5.41) is 9.93. The molecule has 1 atom stereocenters. The third-order valence-electron chi connectivity index (χ3n) is 6.32. The van der Waals surface area contributed by atoms with Gasteiger partial charge in [0.15, 0.2) is 5.78 Å². The largest absolute Gasteiger partial charge is 0.489 e. The normalized spacial score (nSPS) is 19.6. The zero-order valence-electron chi connectivity index (χ0n) is 19.3. The van der Waals surface area contributed by atoms with Crippen LogP contribution < -0.4 is 10.5 Å². The van der Waals surface area contributed by atoms with E-state index >= 15 is 0 Å². The van der Waals surface area contributed by atoms with Gasteiger partial charge in [0.1, 0.15) is 29.8 Å². The van der Waals surface area contributed by atoms with E-state index in [0.717, 1.165) is 32.5 Å². The topological polar surface area (TPSA) is 85.3 Å². The second kappa shape index (κ2) is 8.72. The molecule has 33 heavy (non-hydrogen) atoms. The van der Waals surface area contributed by atoms with E-state index in [1.54, 1.807) is 0 Å². The van der Waals surface area contributed by atoms with Crippen LogP contribution in [0.4, 0.5) is 0 Å². The van der Waals surface area contributed by atoms with Crippen molar-refractivity contribution in [3.63, 3.8) is 0 Å². The minimum atomic E-state index is -0.533. The Morgan fingerprint density at radius 2 is 1.88 bits per heavy atom. The summed E-state index contributed by atoms with van der Waals surface area (Å²) in [5.74, 6) is 0.917. The number of ketones is 1. The van der Waals surface area contributed by atoms with Gasteiger partial charge in [-0.2, -0.15) is 5.26 Å². The minimum Gasteiger partial charge on any atom is -0.489 e. The number of hydrogen-bond donors (Lipinski definition) is 1. The lowest BCUT2D eigenvalue weighted by Crippen LogP contribution is -2.33. The van der Waals surface area contributed by atoms with Crippen LogP contribution in [0.15, 0.2) is 63.7 Å². The van der Waals surface area contributed by atoms with Crippen LogP contribution in [0.25, 0.3) is 0 Å². The first-order chi connectivity index (χ1) is 15.6. The molecule has 170 valence electrons. The summed E-state index contributed by atoms with van der Waals surface area (Å²) in [5.41, 5.74) is 10.8. The predicted octanol–water partition coefficient (Wildman–Crippen LogP) is 6.10. The lowest BCUT2D eigenvalue weighted by Gasteiger charge is -2.37. The van der Waals surface area contributed by atoms with E-state index in [0.29, 0.717) is 30.8 Å². The van der Waals surface area contributed by atoms with Gasteiger partial charge in [-0.3, -0.25) is 4.79 Å². The van der Waals surface area contributed by atoms with E-state index in [1.165, 1.54) is 0 Å². The Hall–Kier alpha value is -3.04. The van der Waals surface area contributed by atoms with Crippen LogP contribution in [0.3, 0.4) is 0 Å². The fourth-order valence-electron chi connectivity index (χ4n) is 4.67. The van der Waals surface area contributed by atoms with Crippen LogP contribution in [0.2, 0.25) is 0 Å². The number of Topliss-reactive ketones (excluding diaryl/α,β-unsaturated/α-hetero) is 1. The molecule has 2 aromatic carbocycles. The second-order valence-corrected chi connectivity index (χ2v) is 10.5. The first kappa shape index (κ1) is 23.1. The number of halogens is 1. The molecule has 2 N–H and O–H groups in total. The van der Waals surface area contributed by atoms with Crippen molar-refractivity contribution in [3.05, 3.63) is 85.9 Å². The van der Waals surface area contributed by atoms with Gasteiger partial charge in [0, 0.05) is 22.9 Å². The summed E-state index contributed by atoms with van der Waals surface area (Å²) in [6.45, 7) is 8.50. The number of rotatable bonds is 4. The fourth-order valence-corrected chi connectivity index (χ4v) is 4.93. The Labute approximate surface area is 203 Å². The van der Waals surface area contributed by atoms with E-state index in [2.05, 4.69) is 28.1 Å². The molecule has 1 aliphatic heterocycles. The molecular weight excluding hydrogens is 480 g/mol. The van der Waals surface area contributed by atoms with Crippen LogP contribution in [0.5, 0.6) is 5.75 Å². The highest BCUT2D eigenvalue weighted by Crippen LogP contribution is 2.48. The Kier molecular flexibility index (Phi) is 6.11. The van der Waals surface area contributed by atoms with E-state index < -0.39 is 5.92 Å². The van der Waals surface area contributed by atoms with Gasteiger partial charge in [0.2, 0.25) is 5.88 Å². The van der Waals surface area contributed by atoms with Crippen molar-refractivity contribution in [2.24, 2.45) is 11.1 Å². The lowest BCUT2D eigenvalue weighted by atomic mass is 9.69. The maximum Gasteiger partial charge on any atom is 0.205 e. The smallest absolute Gasteiger partial charge is 0.205 e. The van der Waals surface area contributed by atoms with Gasteiger partial charge < -0.3 is 15.2 Å². The van der Waals surface area contributed by atoms with Crippen molar-refractivity contribution in [1.29, 1.82) is 5.26 Å². The molecule has 0 unspecified atom stereocenters. The number of aryl methyl sites for hydroxylation is 2. The van der Waals surface area contributed by atoms with Gasteiger partial charge in [-0.1, -0.05) is 41.9 Å². The molecule has 0 radical (unpaired) electrons. The van der Waals surface area contributed by atoms with Crippen LogP contribution >= 0.6 is 15.9 Å². The van der Waals surface area contributed by atoms with Crippen molar-refractivity contribution in [3.8, 4) is 11.8 Å². The average Bonchev–Trinajstić information content (AvgIpc) is 2.72. The third kappa shape index (κ3) is 4.56. The highest BCUT2D eigenvalue weighted by Gasteiger charge is 2.43. The van der Waals surface area contributed by atoms with Crippen LogP contribution in [0, 0.1) is 30.6 Å². The lowest BCUT2D eigenvalue weighted by molar-refractivity contribution is -0.119. The SMILES string of the molecule is Cc1cc(C)c([C@H]2C(C#N)=C(N)OC3=C2C(=O)CC(C)(C)C3)cc1COc1ccc(Br)cc1. The second-order valence-electron chi connectivity index (χ2n) is 9.58. The first-order valence-corrected chi connectivity index (χ1v) is 11.7. The van der Waals surface area contributed by atoms with E-state index in [9.17, 15) is 10.1 Å². The maximum atomic E-state index is 13.3. The molecule has 2 aromatic rings. The van der Waals surface area contributed by atoms with Crippen molar-refractivity contribution in [1.82, 2.24) is 0 Å². The molecule has 1 aliphatic carbocycles. The van der Waals surface area contributed by atoms with E-state index in [-0.39, 0.29) is 22.7 Å². The standard InChI is InChI=1S/C27H27BrN2O3/c1-15-9-16(2)20(10-17(15)14-32-19-7-5-18(28)6-8-19)24-21(13-29)26(30)33-23-12-27(3,4)11-22(31)25(23)24/h5-10,24H,11-12,14,30H2,1-4H3/t24-/m0/s1. The number of carbonyl (C=O) groups excluding carboxylic acids is 1. The van der Waals surface area contributed by atoms with Crippen LogP contribution in [0.1, 0.15) is 54.9 Å². The van der Waals surface area contributed by atoms with Gasteiger partial charge >= 0.3 is 0 Å². The number of carbonyl (C=O) groups is 1. The maximum absolute atomic E-state index is 13.3. The number of nitrogens with two attached hydrogens (primary N) is 1. The molecule has 0 bridgehead atoms. The molecule has 0 saturated carbocycles. The zero-order chi connectivity index (χ0) is 23.9. The summed E-state index contributed by atoms with van der Waals surface area (Å²) in [6.07, 6.45) is 1.02. The molecule has 0 spiro atoms. The van der Waals surface area contributed by atoms with E-state index in [1.807, 2.05) is 58.0 Å². The highest BCUT2D eigenvalue weighted by atomic mass is 79.9. The number of nitriles is 1. The number of hydrogen-bond acceptors (Lipinski definition) is 5. The highest BCUT2D eigenvalue weighted by molar-refractivity contribution is 9.10. The molecule has 0 amide bonds. The molecule has 0 fully saturated rings. The molecule has 6 heteroatoms. The molecule has 0 saturated heterocycles. The zero-order valence-corrected chi connectivity index (χ0v) is 20.9. The molecule has 4 rings (SSSR count). The van der Waals surface area contributed by atoms with Gasteiger partial charge in [-0.25, -0.2) is 0 Å². The Balaban J connectivity index is 1.77.